The molecule has 0 radical (unpaired) electrons. The van der Waals surface area contributed by atoms with Crippen LogP contribution in [0.2, 0.25) is 0 Å². The summed E-state index contributed by atoms with van der Waals surface area (Å²) < 4.78 is 7.97. The molecule has 0 aliphatic carbocycles. The highest BCUT2D eigenvalue weighted by Crippen LogP contribution is 2.20. The number of hydrogen-bond donors (Lipinski definition) is 0. The molecule has 0 spiro atoms. The molecule has 2 aromatic rings. The lowest BCUT2D eigenvalue weighted by atomic mass is 10.2. The van der Waals surface area contributed by atoms with Gasteiger partial charge in [0.15, 0.2) is 0 Å². The largest absolute Gasteiger partial charge is 0.376 e. The van der Waals surface area contributed by atoms with E-state index in [1.807, 2.05) is 12.3 Å². The molecule has 0 bridgehead atoms. The zero-order valence-corrected chi connectivity index (χ0v) is 10.5. The van der Waals surface area contributed by atoms with E-state index in [-0.39, 0.29) is 11.7 Å². The summed E-state index contributed by atoms with van der Waals surface area (Å²) >= 11 is 1.48. The van der Waals surface area contributed by atoms with Crippen molar-refractivity contribution in [2.75, 3.05) is 6.61 Å². The van der Waals surface area contributed by atoms with Crippen LogP contribution in [-0.4, -0.2) is 22.3 Å². The van der Waals surface area contributed by atoms with Crippen molar-refractivity contribution in [3.63, 3.8) is 0 Å². The van der Waals surface area contributed by atoms with E-state index >= 15 is 0 Å². The van der Waals surface area contributed by atoms with Gasteiger partial charge in [-0.05, 0) is 30.7 Å². The van der Waals surface area contributed by atoms with E-state index in [1.54, 1.807) is 10.9 Å². The van der Waals surface area contributed by atoms with Gasteiger partial charge in [0.2, 0.25) is 0 Å². The minimum atomic E-state index is 0.0589. The summed E-state index contributed by atoms with van der Waals surface area (Å²) in [5.41, 5.74) is 1.97. The molecule has 4 nitrogen and oxygen atoms in total. The van der Waals surface area contributed by atoms with Crippen LogP contribution in [0.25, 0.3) is 10.2 Å². The molecule has 3 heterocycles. The number of nitrogens with zero attached hydrogens (tertiary/aromatic N) is 2. The fourth-order valence-corrected chi connectivity index (χ4v) is 3.15. The summed E-state index contributed by atoms with van der Waals surface area (Å²) in [5, 5.41) is 1.98. The van der Waals surface area contributed by atoms with Crippen LogP contribution in [0.3, 0.4) is 0 Å². The van der Waals surface area contributed by atoms with Crippen LogP contribution in [0.5, 0.6) is 0 Å². The van der Waals surface area contributed by atoms with Gasteiger partial charge >= 0.3 is 0 Å². The van der Waals surface area contributed by atoms with Crippen molar-refractivity contribution in [1.82, 2.24) is 9.55 Å². The Labute approximate surface area is 103 Å². The highest BCUT2D eigenvalue weighted by atomic mass is 32.1. The minimum absolute atomic E-state index is 0.0589. The van der Waals surface area contributed by atoms with Gasteiger partial charge in [0.1, 0.15) is 4.70 Å². The Kier molecular flexibility index (Phi) is 2.72. The first-order chi connectivity index (χ1) is 8.25. The topological polar surface area (TPSA) is 44.1 Å². The zero-order chi connectivity index (χ0) is 11.8. The highest BCUT2D eigenvalue weighted by molar-refractivity contribution is 7.17. The maximum atomic E-state index is 12.2. The lowest BCUT2D eigenvalue weighted by Crippen LogP contribution is -2.26. The number of aryl methyl sites for hydroxylation is 1. The first kappa shape index (κ1) is 10.9. The summed E-state index contributed by atoms with van der Waals surface area (Å²) in [6, 6.07) is 0. The number of hydrogen-bond acceptors (Lipinski definition) is 4. The maximum Gasteiger partial charge on any atom is 0.271 e. The molecule has 0 N–H and O–H groups in total. The van der Waals surface area contributed by atoms with Crippen LogP contribution < -0.4 is 5.56 Å². The van der Waals surface area contributed by atoms with Gasteiger partial charge in [-0.25, -0.2) is 4.98 Å². The maximum absolute atomic E-state index is 12.2. The molecule has 1 saturated heterocycles. The van der Waals surface area contributed by atoms with Crippen LogP contribution in [0.15, 0.2) is 16.5 Å². The predicted molar refractivity (Wildman–Crippen MR) is 67.6 cm³/mol. The quantitative estimate of drug-likeness (QED) is 0.818. The van der Waals surface area contributed by atoms with E-state index < -0.39 is 0 Å². The summed E-state index contributed by atoms with van der Waals surface area (Å²) in [4.78, 5) is 16.6. The molecule has 1 atom stereocenters. The molecule has 2 aromatic heterocycles. The lowest BCUT2D eigenvalue weighted by molar-refractivity contribution is 0.0960. The number of thiophene rings is 1. The van der Waals surface area contributed by atoms with Crippen molar-refractivity contribution < 1.29 is 4.74 Å². The van der Waals surface area contributed by atoms with Gasteiger partial charge in [-0.15, -0.1) is 11.3 Å². The van der Waals surface area contributed by atoms with Gasteiger partial charge < -0.3 is 4.74 Å². The first-order valence-electron chi connectivity index (χ1n) is 5.80. The van der Waals surface area contributed by atoms with Gasteiger partial charge in [0.05, 0.1) is 24.5 Å². The fraction of sp³-hybridized carbons (Fsp3) is 0.500. The number of aromatic nitrogens is 2. The first-order valence-corrected chi connectivity index (χ1v) is 6.68. The molecular weight excluding hydrogens is 236 g/mol. The van der Waals surface area contributed by atoms with Crippen molar-refractivity contribution in [2.45, 2.75) is 32.4 Å². The van der Waals surface area contributed by atoms with Crippen LogP contribution in [0, 0.1) is 6.92 Å². The predicted octanol–water partition coefficient (Wildman–Crippen LogP) is 1.95. The molecule has 90 valence electrons. The van der Waals surface area contributed by atoms with Crippen LogP contribution in [-0.2, 0) is 11.3 Å². The Morgan fingerprint density at radius 3 is 3.29 bits per heavy atom. The summed E-state index contributed by atoms with van der Waals surface area (Å²) in [6.07, 6.45) is 3.95. The van der Waals surface area contributed by atoms with Crippen molar-refractivity contribution in [2.24, 2.45) is 0 Å². The third-order valence-electron chi connectivity index (χ3n) is 3.15. The fourth-order valence-electron chi connectivity index (χ4n) is 2.20. The molecule has 5 heteroatoms. The summed E-state index contributed by atoms with van der Waals surface area (Å²) in [6.45, 7) is 3.42. The molecular formula is C12H14N2O2S. The molecule has 1 fully saturated rings. The average molecular weight is 250 g/mol. The second-order valence-electron chi connectivity index (χ2n) is 4.43. The number of fused-ring (bicyclic) bond motifs is 1. The van der Waals surface area contributed by atoms with Gasteiger partial charge in [0.25, 0.3) is 5.56 Å². The molecule has 0 amide bonds. The second-order valence-corrected chi connectivity index (χ2v) is 5.31. The Morgan fingerprint density at radius 1 is 1.65 bits per heavy atom. The van der Waals surface area contributed by atoms with Gasteiger partial charge in [-0.1, -0.05) is 0 Å². The average Bonchev–Trinajstić information content (AvgIpc) is 2.93. The van der Waals surface area contributed by atoms with Gasteiger partial charge in [0, 0.05) is 6.61 Å². The Hall–Kier alpha value is -1.20. The van der Waals surface area contributed by atoms with Crippen molar-refractivity contribution in [1.29, 1.82) is 0 Å². The number of ether oxygens (including phenoxy) is 1. The highest BCUT2D eigenvalue weighted by Gasteiger charge is 2.17. The van der Waals surface area contributed by atoms with E-state index in [0.717, 1.165) is 35.2 Å². The Bertz CT molecular complexity index is 596. The number of rotatable bonds is 2. The molecule has 1 aliphatic rings. The summed E-state index contributed by atoms with van der Waals surface area (Å²) in [5.74, 6) is 0. The summed E-state index contributed by atoms with van der Waals surface area (Å²) in [7, 11) is 0. The third-order valence-corrected chi connectivity index (χ3v) is 4.22. The van der Waals surface area contributed by atoms with E-state index in [0.29, 0.717) is 6.54 Å². The van der Waals surface area contributed by atoms with Crippen molar-refractivity contribution >= 4 is 21.6 Å². The smallest absolute Gasteiger partial charge is 0.271 e. The monoisotopic (exact) mass is 250 g/mol. The molecule has 0 aromatic carbocycles. The van der Waals surface area contributed by atoms with Gasteiger partial charge in [-0.2, -0.15) is 0 Å². The molecule has 1 unspecified atom stereocenters. The van der Waals surface area contributed by atoms with Crippen LogP contribution in [0.4, 0.5) is 0 Å². The molecule has 3 rings (SSSR count). The second kappa shape index (κ2) is 4.23. The molecule has 17 heavy (non-hydrogen) atoms. The Balaban J connectivity index is 1.99. The lowest BCUT2D eigenvalue weighted by Gasteiger charge is -2.10. The molecule has 0 saturated carbocycles. The van der Waals surface area contributed by atoms with E-state index in [9.17, 15) is 4.79 Å². The zero-order valence-electron chi connectivity index (χ0n) is 9.68. The van der Waals surface area contributed by atoms with E-state index in [4.69, 9.17) is 4.74 Å². The van der Waals surface area contributed by atoms with Crippen molar-refractivity contribution in [3.8, 4) is 0 Å². The van der Waals surface area contributed by atoms with E-state index in [2.05, 4.69) is 4.98 Å². The Morgan fingerprint density at radius 2 is 2.53 bits per heavy atom. The normalized spacial score (nSPS) is 20.2. The molecule has 1 aliphatic heterocycles. The third kappa shape index (κ3) is 1.89. The SMILES string of the molecule is Cc1csc2c(=O)n(CC3CCCO3)cnc12. The van der Waals surface area contributed by atoms with Crippen LogP contribution in [0.1, 0.15) is 18.4 Å². The minimum Gasteiger partial charge on any atom is -0.376 e. The van der Waals surface area contributed by atoms with Gasteiger partial charge in [-0.3, -0.25) is 9.36 Å². The van der Waals surface area contributed by atoms with Crippen molar-refractivity contribution in [3.05, 3.63) is 27.6 Å². The standard InChI is InChI=1S/C12H14N2O2S/c1-8-6-17-11-10(8)13-7-14(12(11)15)5-9-3-2-4-16-9/h6-7,9H,2-5H2,1H3. The van der Waals surface area contributed by atoms with Crippen LogP contribution >= 0.6 is 11.3 Å². The van der Waals surface area contributed by atoms with E-state index in [1.165, 1.54) is 11.3 Å².